The van der Waals surface area contributed by atoms with Gasteiger partial charge in [-0.25, -0.2) is 19.5 Å². The third-order valence-electron chi connectivity index (χ3n) is 8.99. The van der Waals surface area contributed by atoms with Gasteiger partial charge in [0.1, 0.15) is 17.9 Å². The highest BCUT2D eigenvalue weighted by Crippen LogP contribution is 2.44. The molecule has 0 unspecified atom stereocenters. The minimum atomic E-state index is -3.66. The average Bonchev–Trinajstić information content (AvgIpc) is 3.37. The summed E-state index contributed by atoms with van der Waals surface area (Å²) < 4.78 is 45.9. The molecule has 2 saturated heterocycles. The number of halogens is 1. The molecule has 3 heterocycles. The van der Waals surface area contributed by atoms with Crippen LogP contribution in [0.25, 0.3) is 0 Å². The van der Waals surface area contributed by atoms with E-state index in [2.05, 4.69) is 24.5 Å². The third kappa shape index (κ3) is 7.44. The van der Waals surface area contributed by atoms with Crippen LogP contribution >= 0.6 is 0 Å². The van der Waals surface area contributed by atoms with Gasteiger partial charge in [-0.15, -0.1) is 0 Å². The molecule has 1 aliphatic carbocycles. The van der Waals surface area contributed by atoms with E-state index in [1.54, 1.807) is 11.1 Å². The van der Waals surface area contributed by atoms with Crippen molar-refractivity contribution in [1.29, 1.82) is 0 Å². The average molecular weight is 618 g/mol. The summed E-state index contributed by atoms with van der Waals surface area (Å²) in [5, 5.41) is 5.15. The van der Waals surface area contributed by atoms with E-state index in [1.807, 2.05) is 27.7 Å². The Morgan fingerprint density at radius 1 is 1.16 bits per heavy atom. The fraction of sp³-hybridized carbons (Fsp3) is 0.633. The van der Waals surface area contributed by atoms with Crippen molar-refractivity contribution >= 4 is 21.9 Å². The van der Waals surface area contributed by atoms with Gasteiger partial charge in [0.15, 0.2) is 11.6 Å². The number of amides is 1. The van der Waals surface area contributed by atoms with Gasteiger partial charge in [-0.2, -0.15) is 13.1 Å². The molecule has 0 radical (unpaired) electrons. The van der Waals surface area contributed by atoms with E-state index in [0.717, 1.165) is 64.8 Å². The van der Waals surface area contributed by atoms with Crippen LogP contribution in [-0.4, -0.2) is 84.9 Å². The van der Waals surface area contributed by atoms with E-state index >= 15 is 0 Å². The Morgan fingerprint density at radius 3 is 2.51 bits per heavy atom. The number of benzene rings is 1. The fourth-order valence-corrected chi connectivity index (χ4v) is 7.87. The Kier molecular flexibility index (Phi) is 9.26. The van der Waals surface area contributed by atoms with Gasteiger partial charge < -0.3 is 19.4 Å². The van der Waals surface area contributed by atoms with Crippen molar-refractivity contribution in [3.63, 3.8) is 0 Å². The maximum atomic E-state index is 14.3. The first-order valence-corrected chi connectivity index (χ1v) is 16.7. The second-order valence-corrected chi connectivity index (χ2v) is 14.4. The number of rotatable bonds is 10. The first-order chi connectivity index (χ1) is 20.3. The number of nitrogens with one attached hydrogen (secondary N) is 1. The van der Waals surface area contributed by atoms with Crippen LogP contribution in [0.15, 0.2) is 30.7 Å². The smallest absolute Gasteiger partial charge is 0.274 e. The highest BCUT2D eigenvalue weighted by Gasteiger charge is 2.46. The van der Waals surface area contributed by atoms with E-state index in [1.165, 1.54) is 24.5 Å². The van der Waals surface area contributed by atoms with Gasteiger partial charge >= 0.3 is 0 Å². The monoisotopic (exact) mass is 617 g/mol. The lowest BCUT2D eigenvalue weighted by Crippen LogP contribution is -2.59. The van der Waals surface area contributed by atoms with Crippen molar-refractivity contribution in [3.05, 3.63) is 42.1 Å². The molecule has 1 aromatic heterocycles. The molecule has 3 fully saturated rings. The summed E-state index contributed by atoms with van der Waals surface area (Å²) in [5.41, 5.74) is 0.450. The van der Waals surface area contributed by atoms with E-state index in [9.17, 15) is 17.6 Å². The van der Waals surface area contributed by atoms with Gasteiger partial charge in [0, 0.05) is 50.8 Å². The van der Waals surface area contributed by atoms with E-state index < -0.39 is 16.0 Å². The predicted octanol–water partition coefficient (Wildman–Crippen LogP) is 3.53. The van der Waals surface area contributed by atoms with Crippen LogP contribution in [0.1, 0.15) is 70.2 Å². The molecule has 5 rings (SSSR count). The first-order valence-electron chi connectivity index (χ1n) is 15.2. The molecular formula is C30H44FN7O4S. The molecule has 2 aliphatic heterocycles. The van der Waals surface area contributed by atoms with Crippen LogP contribution < -0.4 is 19.5 Å². The molecule has 3 N–H and O–H groups in total. The molecule has 1 saturated carbocycles. The molecule has 43 heavy (non-hydrogen) atoms. The Hall–Kier alpha value is -2.87. The van der Waals surface area contributed by atoms with Crippen molar-refractivity contribution in [3.8, 4) is 11.5 Å². The number of anilines is 1. The van der Waals surface area contributed by atoms with Gasteiger partial charge in [-0.1, -0.05) is 0 Å². The van der Waals surface area contributed by atoms with Crippen molar-refractivity contribution in [2.45, 2.75) is 77.9 Å². The minimum absolute atomic E-state index is 0.0594. The van der Waals surface area contributed by atoms with Gasteiger partial charge in [0.2, 0.25) is 0 Å². The number of aromatic nitrogens is 2. The zero-order valence-corrected chi connectivity index (χ0v) is 26.3. The molecule has 13 heteroatoms. The Balaban J connectivity index is 1.20. The molecule has 2 aromatic rings. The molecule has 11 nitrogen and oxygen atoms in total. The molecule has 1 amide bonds. The first kappa shape index (κ1) is 31.6. The molecule has 236 valence electrons. The summed E-state index contributed by atoms with van der Waals surface area (Å²) in [4.78, 5) is 28.6. The predicted molar refractivity (Wildman–Crippen MR) is 163 cm³/mol. The summed E-state index contributed by atoms with van der Waals surface area (Å²) in [6.45, 7) is 12.5. The molecular weight excluding hydrogens is 573 g/mol. The summed E-state index contributed by atoms with van der Waals surface area (Å²) >= 11 is 0. The molecule has 1 aromatic carbocycles. The van der Waals surface area contributed by atoms with E-state index in [4.69, 9.17) is 9.88 Å². The Labute approximate surface area is 254 Å². The van der Waals surface area contributed by atoms with Crippen LogP contribution in [0.4, 0.5) is 10.2 Å². The van der Waals surface area contributed by atoms with Gasteiger partial charge in [-0.3, -0.25) is 4.79 Å². The van der Waals surface area contributed by atoms with Crippen molar-refractivity contribution in [2.24, 2.45) is 16.5 Å². The zero-order valence-electron chi connectivity index (χ0n) is 25.5. The lowest BCUT2D eigenvalue weighted by Gasteiger charge is -2.54. The summed E-state index contributed by atoms with van der Waals surface area (Å²) in [6, 6.07) is 3.82. The van der Waals surface area contributed by atoms with Crippen LogP contribution in [-0.2, 0) is 10.2 Å². The normalized spacial score (nSPS) is 21.0. The zero-order chi connectivity index (χ0) is 30.9. The van der Waals surface area contributed by atoms with Gasteiger partial charge in [-0.05, 0) is 89.3 Å². The second-order valence-electron chi connectivity index (χ2n) is 13.1. The number of hydrogen-bond acceptors (Lipinski definition) is 8. The second kappa shape index (κ2) is 12.6. The maximum Gasteiger partial charge on any atom is 0.274 e. The Morgan fingerprint density at radius 2 is 1.86 bits per heavy atom. The highest BCUT2D eigenvalue weighted by atomic mass is 32.2. The van der Waals surface area contributed by atoms with Crippen LogP contribution in [0.3, 0.4) is 0 Å². The lowest BCUT2D eigenvalue weighted by molar-refractivity contribution is -0.0386. The van der Waals surface area contributed by atoms with Crippen molar-refractivity contribution < 1.29 is 22.3 Å². The summed E-state index contributed by atoms with van der Waals surface area (Å²) in [6.07, 6.45) is 7.77. The number of ether oxygens (including phenoxy) is 1. The third-order valence-corrected chi connectivity index (χ3v) is 9.66. The highest BCUT2D eigenvalue weighted by molar-refractivity contribution is 7.87. The number of hydrogen-bond donors (Lipinski definition) is 2. The maximum absolute atomic E-state index is 14.3. The van der Waals surface area contributed by atoms with Crippen LogP contribution in [0.5, 0.6) is 11.5 Å². The SMILES string of the molecule is CC(C)N(C(=O)c1cc(F)ccc1Oc1cncnc1N1CC[C@@H](CN2CC3(CCC(NS(N)(=O)=O)CC3)C2)C1)C(C)C. The number of nitrogens with two attached hydrogens (primary N) is 1. The van der Waals surface area contributed by atoms with E-state index in [0.29, 0.717) is 17.5 Å². The number of carbonyl (C=O) groups excluding carboxylic acids is 1. The van der Waals surface area contributed by atoms with Gasteiger partial charge in [0.25, 0.3) is 16.1 Å². The lowest BCUT2D eigenvalue weighted by atomic mass is 9.67. The quantitative estimate of drug-likeness (QED) is 0.414. The topological polar surface area (TPSA) is 134 Å². The molecule has 0 bridgehead atoms. The van der Waals surface area contributed by atoms with Crippen LogP contribution in [0, 0.1) is 17.2 Å². The summed E-state index contributed by atoms with van der Waals surface area (Å²) in [5.74, 6) is 1.03. The molecule has 1 atom stereocenters. The van der Waals surface area contributed by atoms with Crippen LogP contribution in [0.2, 0.25) is 0 Å². The van der Waals surface area contributed by atoms with Crippen molar-refractivity contribution in [2.75, 3.05) is 37.6 Å². The fourth-order valence-electron chi connectivity index (χ4n) is 7.17. The van der Waals surface area contributed by atoms with Gasteiger partial charge in [0.05, 0.1) is 11.8 Å². The summed E-state index contributed by atoms with van der Waals surface area (Å²) in [7, 11) is -3.66. The molecule has 1 spiro atoms. The standard InChI is InChI=1S/C30H44FN7O4S/c1-20(2)38(21(3)4)29(39)25-13-23(31)5-6-26(25)42-27-14-33-19-34-28(27)37-12-9-22(16-37)15-36-17-30(18-36)10-7-24(8-11-30)35-43(32,40)41/h5-6,13-14,19-22,24,35H,7-12,15-18H2,1-4H3,(H2,32,40,41)/t22-/m0/s1. The van der Waals surface area contributed by atoms with E-state index in [-0.39, 0.29) is 40.8 Å². The van der Waals surface area contributed by atoms with Crippen molar-refractivity contribution in [1.82, 2.24) is 24.5 Å². The number of likely N-dealkylation sites (tertiary alicyclic amines) is 1. The Bertz CT molecular complexity index is 1400. The number of nitrogens with zero attached hydrogens (tertiary/aromatic N) is 5. The molecule has 3 aliphatic rings. The number of carbonyl (C=O) groups is 1. The largest absolute Gasteiger partial charge is 0.451 e. The minimum Gasteiger partial charge on any atom is -0.451 e.